The van der Waals surface area contributed by atoms with Crippen LogP contribution in [0.1, 0.15) is 22.3 Å². The van der Waals surface area contributed by atoms with Gasteiger partial charge in [-0.05, 0) is 36.3 Å². The maximum atomic E-state index is 12.6. The van der Waals surface area contributed by atoms with Crippen molar-refractivity contribution in [3.8, 4) is 17.2 Å². The molecule has 0 fully saturated rings. The Kier molecular flexibility index (Phi) is 3.76. The van der Waals surface area contributed by atoms with Crippen LogP contribution in [0.25, 0.3) is 16.6 Å². The summed E-state index contributed by atoms with van der Waals surface area (Å²) in [4.78, 5) is 21.8. The SMILES string of the molecule is O=C(c1cc(O)c(O)c(O)c1)N1CC=C(c2c[nH]c3cccnc23)CC1. The summed E-state index contributed by atoms with van der Waals surface area (Å²) in [7, 11) is 0. The lowest BCUT2D eigenvalue weighted by atomic mass is 10.0. The number of aromatic amines is 1. The number of pyridine rings is 1. The zero-order valence-corrected chi connectivity index (χ0v) is 13.8. The molecule has 2 aromatic heterocycles. The number of nitrogens with one attached hydrogen (secondary N) is 1. The third-order valence-electron chi connectivity index (χ3n) is 4.59. The molecule has 1 amide bonds. The molecular weight excluding hydrogens is 334 g/mol. The molecule has 1 aromatic carbocycles. The number of benzene rings is 1. The second-order valence-electron chi connectivity index (χ2n) is 6.20. The van der Waals surface area contributed by atoms with Crippen molar-refractivity contribution in [1.82, 2.24) is 14.9 Å². The van der Waals surface area contributed by atoms with Gasteiger partial charge in [0.15, 0.2) is 17.2 Å². The highest BCUT2D eigenvalue weighted by Gasteiger charge is 2.22. The van der Waals surface area contributed by atoms with Gasteiger partial charge in [0.05, 0.1) is 11.0 Å². The number of hydrogen-bond acceptors (Lipinski definition) is 5. The lowest BCUT2D eigenvalue weighted by Gasteiger charge is -2.26. The van der Waals surface area contributed by atoms with Crippen molar-refractivity contribution in [1.29, 1.82) is 0 Å². The molecule has 4 rings (SSSR count). The van der Waals surface area contributed by atoms with Crippen LogP contribution in [0.15, 0.2) is 42.7 Å². The number of hydrogen-bond donors (Lipinski definition) is 4. The first-order chi connectivity index (χ1) is 12.5. The minimum atomic E-state index is -0.630. The molecule has 4 N–H and O–H groups in total. The molecule has 132 valence electrons. The average Bonchev–Trinajstić information content (AvgIpc) is 3.09. The van der Waals surface area contributed by atoms with E-state index < -0.39 is 17.2 Å². The standard InChI is InChI=1S/C19H17N3O4/c23-15-8-12(9-16(24)18(15)25)19(26)22-6-3-11(4-7-22)13-10-21-14-2-1-5-20-17(13)14/h1-3,5,8-10,21,23-25H,4,6-7H2. The van der Waals surface area contributed by atoms with Gasteiger partial charge in [0.2, 0.25) is 0 Å². The molecule has 7 nitrogen and oxygen atoms in total. The van der Waals surface area contributed by atoms with E-state index in [0.717, 1.165) is 34.3 Å². The summed E-state index contributed by atoms with van der Waals surface area (Å²) < 4.78 is 0. The van der Waals surface area contributed by atoms with Gasteiger partial charge in [-0.1, -0.05) is 6.08 Å². The van der Waals surface area contributed by atoms with Crippen LogP contribution >= 0.6 is 0 Å². The quantitative estimate of drug-likeness (QED) is 0.531. The van der Waals surface area contributed by atoms with Gasteiger partial charge in [0, 0.05) is 36.6 Å². The van der Waals surface area contributed by atoms with Crippen molar-refractivity contribution in [3.63, 3.8) is 0 Å². The second kappa shape index (κ2) is 6.11. The fourth-order valence-corrected chi connectivity index (χ4v) is 3.21. The molecule has 1 aliphatic heterocycles. The summed E-state index contributed by atoms with van der Waals surface area (Å²) in [5, 5.41) is 28.6. The highest BCUT2D eigenvalue weighted by molar-refractivity contribution is 5.96. The van der Waals surface area contributed by atoms with E-state index in [-0.39, 0.29) is 11.5 Å². The van der Waals surface area contributed by atoms with Crippen molar-refractivity contribution in [3.05, 3.63) is 53.9 Å². The van der Waals surface area contributed by atoms with E-state index in [9.17, 15) is 20.1 Å². The van der Waals surface area contributed by atoms with E-state index in [4.69, 9.17) is 0 Å². The smallest absolute Gasteiger partial charge is 0.254 e. The number of carbonyl (C=O) groups is 1. The van der Waals surface area contributed by atoms with E-state index in [1.807, 2.05) is 24.4 Å². The zero-order chi connectivity index (χ0) is 18.3. The summed E-state index contributed by atoms with van der Waals surface area (Å²) in [5.74, 6) is -1.99. The number of aromatic hydroxyl groups is 3. The van der Waals surface area contributed by atoms with Gasteiger partial charge in [-0.15, -0.1) is 0 Å². The molecule has 0 saturated carbocycles. The van der Waals surface area contributed by atoms with E-state index >= 15 is 0 Å². The van der Waals surface area contributed by atoms with E-state index in [1.54, 1.807) is 11.1 Å². The van der Waals surface area contributed by atoms with Gasteiger partial charge in [-0.25, -0.2) is 0 Å². The average molecular weight is 351 g/mol. The van der Waals surface area contributed by atoms with Crippen LogP contribution in [0.5, 0.6) is 17.2 Å². The lowest BCUT2D eigenvalue weighted by molar-refractivity contribution is 0.0772. The number of rotatable bonds is 2. The third-order valence-corrected chi connectivity index (χ3v) is 4.59. The van der Waals surface area contributed by atoms with Crippen LogP contribution in [0, 0.1) is 0 Å². The van der Waals surface area contributed by atoms with Gasteiger partial charge in [-0.2, -0.15) is 0 Å². The molecule has 3 aromatic rings. The largest absolute Gasteiger partial charge is 0.504 e. The van der Waals surface area contributed by atoms with Crippen molar-refractivity contribution in [2.24, 2.45) is 0 Å². The summed E-state index contributed by atoms with van der Waals surface area (Å²) in [6.45, 7) is 0.919. The third kappa shape index (κ3) is 2.63. The minimum absolute atomic E-state index is 0.128. The summed E-state index contributed by atoms with van der Waals surface area (Å²) in [6.07, 6.45) is 6.34. The van der Waals surface area contributed by atoms with E-state index in [2.05, 4.69) is 9.97 Å². The molecule has 0 radical (unpaired) electrons. The maximum absolute atomic E-state index is 12.6. The Bertz CT molecular complexity index is 1020. The molecule has 0 unspecified atom stereocenters. The molecule has 7 heteroatoms. The van der Waals surface area contributed by atoms with Crippen molar-refractivity contribution >= 4 is 22.5 Å². The molecule has 1 aliphatic rings. The van der Waals surface area contributed by atoms with Crippen molar-refractivity contribution in [2.45, 2.75) is 6.42 Å². The fraction of sp³-hybridized carbons (Fsp3) is 0.158. The van der Waals surface area contributed by atoms with E-state index in [0.29, 0.717) is 19.5 Å². The molecule has 3 heterocycles. The Morgan fingerprint density at radius 1 is 1.19 bits per heavy atom. The summed E-state index contributed by atoms with van der Waals surface area (Å²) in [5.41, 5.74) is 4.16. The number of fused-ring (bicyclic) bond motifs is 1. The topological polar surface area (TPSA) is 110 Å². The van der Waals surface area contributed by atoms with Crippen molar-refractivity contribution < 1.29 is 20.1 Å². The summed E-state index contributed by atoms with van der Waals surface area (Å²) >= 11 is 0. The van der Waals surface area contributed by atoms with Crippen LogP contribution in [0.3, 0.4) is 0 Å². The number of phenolic OH excluding ortho intramolecular Hbond substituents is 3. The first kappa shape index (κ1) is 16.0. The molecule has 0 saturated heterocycles. The highest BCUT2D eigenvalue weighted by atomic mass is 16.3. The Labute approximate surface area is 148 Å². The van der Waals surface area contributed by atoms with Gasteiger partial charge in [-0.3, -0.25) is 9.78 Å². The molecular formula is C19H17N3O4. The molecule has 26 heavy (non-hydrogen) atoms. The number of nitrogens with zero attached hydrogens (tertiary/aromatic N) is 2. The molecule has 0 bridgehead atoms. The zero-order valence-electron chi connectivity index (χ0n) is 13.8. The number of carbonyl (C=O) groups excluding carboxylic acids is 1. The summed E-state index contributed by atoms with van der Waals surface area (Å²) in [6, 6.07) is 6.15. The monoisotopic (exact) mass is 351 g/mol. The predicted molar refractivity (Wildman–Crippen MR) is 96.0 cm³/mol. The Morgan fingerprint density at radius 2 is 1.96 bits per heavy atom. The lowest BCUT2D eigenvalue weighted by Crippen LogP contribution is -2.34. The van der Waals surface area contributed by atoms with Crippen LogP contribution in [0.2, 0.25) is 0 Å². The number of H-pyrrole nitrogens is 1. The maximum Gasteiger partial charge on any atom is 0.254 e. The molecule has 0 atom stereocenters. The molecule has 0 aliphatic carbocycles. The Morgan fingerprint density at radius 3 is 2.65 bits per heavy atom. The van der Waals surface area contributed by atoms with Gasteiger partial charge >= 0.3 is 0 Å². The second-order valence-corrected chi connectivity index (χ2v) is 6.20. The highest BCUT2D eigenvalue weighted by Crippen LogP contribution is 2.36. The van der Waals surface area contributed by atoms with Crippen LogP contribution in [-0.4, -0.2) is 49.2 Å². The minimum Gasteiger partial charge on any atom is -0.504 e. The number of phenols is 3. The van der Waals surface area contributed by atoms with Crippen molar-refractivity contribution in [2.75, 3.05) is 13.1 Å². The van der Waals surface area contributed by atoms with Gasteiger partial charge < -0.3 is 25.2 Å². The predicted octanol–water partition coefficient (Wildman–Crippen LogP) is 2.61. The normalized spacial score (nSPS) is 14.5. The first-order valence-electron chi connectivity index (χ1n) is 8.20. The van der Waals surface area contributed by atoms with Crippen LogP contribution in [0.4, 0.5) is 0 Å². The van der Waals surface area contributed by atoms with E-state index in [1.165, 1.54) is 0 Å². The fourth-order valence-electron chi connectivity index (χ4n) is 3.21. The van der Waals surface area contributed by atoms with Crippen LogP contribution < -0.4 is 0 Å². The number of aromatic nitrogens is 2. The molecule has 0 spiro atoms. The number of amides is 1. The Balaban J connectivity index is 1.57. The van der Waals surface area contributed by atoms with Crippen LogP contribution in [-0.2, 0) is 0 Å². The Hall–Kier alpha value is -3.48. The van der Waals surface area contributed by atoms with Gasteiger partial charge in [0.25, 0.3) is 5.91 Å². The van der Waals surface area contributed by atoms with Gasteiger partial charge in [0.1, 0.15) is 0 Å². The first-order valence-corrected chi connectivity index (χ1v) is 8.20.